The molecule has 1 aromatic carbocycles. The summed E-state index contributed by atoms with van der Waals surface area (Å²) in [5.41, 5.74) is 1.70. The molecule has 2 N–H and O–H groups in total. The summed E-state index contributed by atoms with van der Waals surface area (Å²) in [5, 5.41) is 20.3. The van der Waals surface area contributed by atoms with Gasteiger partial charge in [-0.3, -0.25) is 0 Å². The molecule has 0 bridgehead atoms. The summed E-state index contributed by atoms with van der Waals surface area (Å²) in [7, 11) is 0. The van der Waals surface area contributed by atoms with Crippen molar-refractivity contribution < 1.29 is 19.7 Å². The molecule has 0 fully saturated rings. The Morgan fingerprint density at radius 2 is 1.96 bits per heavy atom. The number of aliphatic carboxylic acids is 1. The number of carboxylic acids is 1. The van der Waals surface area contributed by atoms with E-state index in [0.29, 0.717) is 17.7 Å². The smallest absolute Gasteiger partial charge is 0.331 e. The minimum Gasteiger partial charge on any atom is -0.508 e. The van der Waals surface area contributed by atoms with Crippen molar-refractivity contribution in [3.63, 3.8) is 0 Å². The number of hydrogen-bond acceptors (Lipinski definition) is 3. The molecule has 0 saturated heterocycles. The van der Waals surface area contributed by atoms with E-state index in [1.807, 2.05) is 26.0 Å². The minimum atomic E-state index is -0.879. The predicted octanol–water partition coefficient (Wildman–Crippen LogP) is 5.93. The number of aromatic hydroxyl groups is 1. The first-order valence-electron chi connectivity index (χ1n) is 10.6. The van der Waals surface area contributed by atoms with E-state index in [1.165, 1.54) is 25.7 Å². The number of carbonyl (C=O) groups is 1. The van der Waals surface area contributed by atoms with Gasteiger partial charge in [0, 0.05) is 23.0 Å². The molecule has 4 nitrogen and oxygen atoms in total. The van der Waals surface area contributed by atoms with Crippen molar-refractivity contribution in [2.45, 2.75) is 90.1 Å². The maximum atomic E-state index is 11.5. The van der Waals surface area contributed by atoms with Gasteiger partial charge in [-0.2, -0.15) is 0 Å². The van der Waals surface area contributed by atoms with Crippen molar-refractivity contribution >= 4 is 5.97 Å². The van der Waals surface area contributed by atoms with Gasteiger partial charge in [0.25, 0.3) is 0 Å². The third kappa shape index (κ3) is 3.78. The van der Waals surface area contributed by atoms with E-state index in [0.717, 1.165) is 17.5 Å². The van der Waals surface area contributed by atoms with Crippen LogP contribution in [0.2, 0.25) is 0 Å². The van der Waals surface area contributed by atoms with E-state index in [9.17, 15) is 15.0 Å². The van der Waals surface area contributed by atoms with Gasteiger partial charge in [-0.05, 0) is 49.8 Å². The van der Waals surface area contributed by atoms with Crippen LogP contribution >= 0.6 is 0 Å². The number of carboxylic acid groups (broad SMARTS) is 1. The van der Waals surface area contributed by atoms with Gasteiger partial charge in [0.15, 0.2) is 0 Å². The maximum absolute atomic E-state index is 11.5. The standard InChI is InChI=1S/C24H34O4/c1-6-7-8-9-10-23(2,3)16-13-19(25)21-17-11-15(22(26)27)12-18(17)24(4,5)28-20(21)14-16/h12-14,17-18,25H,6-11H2,1-5H3,(H,26,27)/t17-,18-/m1/s1. The minimum absolute atomic E-state index is 0.0495. The van der Waals surface area contributed by atoms with Gasteiger partial charge in [0.1, 0.15) is 17.1 Å². The molecular weight excluding hydrogens is 352 g/mol. The van der Waals surface area contributed by atoms with Crippen molar-refractivity contribution in [3.05, 3.63) is 34.9 Å². The van der Waals surface area contributed by atoms with Crippen LogP contribution in [0.25, 0.3) is 0 Å². The number of benzene rings is 1. The van der Waals surface area contributed by atoms with E-state index in [4.69, 9.17) is 4.74 Å². The Bertz CT molecular complexity index is 788. The molecule has 1 heterocycles. The third-order valence-corrected chi connectivity index (χ3v) is 6.63. The molecule has 28 heavy (non-hydrogen) atoms. The van der Waals surface area contributed by atoms with Crippen LogP contribution < -0.4 is 4.74 Å². The molecule has 0 amide bonds. The van der Waals surface area contributed by atoms with Crippen molar-refractivity contribution in [2.24, 2.45) is 5.92 Å². The second-order valence-corrected chi connectivity index (χ2v) is 9.64. The van der Waals surface area contributed by atoms with Crippen LogP contribution in [0.1, 0.15) is 90.2 Å². The quantitative estimate of drug-likeness (QED) is 0.570. The molecule has 0 spiro atoms. The fourth-order valence-corrected chi connectivity index (χ4v) is 4.84. The average molecular weight is 387 g/mol. The molecule has 1 aliphatic heterocycles. The van der Waals surface area contributed by atoms with E-state index in [2.05, 4.69) is 26.8 Å². The van der Waals surface area contributed by atoms with Crippen LogP contribution in [0.15, 0.2) is 23.8 Å². The topological polar surface area (TPSA) is 66.8 Å². The summed E-state index contributed by atoms with van der Waals surface area (Å²) in [6.45, 7) is 10.7. The molecule has 0 aromatic heterocycles. The number of rotatable bonds is 7. The summed E-state index contributed by atoms with van der Waals surface area (Å²) in [6, 6.07) is 3.95. The summed E-state index contributed by atoms with van der Waals surface area (Å²) in [6.07, 6.45) is 8.19. The number of ether oxygens (including phenoxy) is 1. The zero-order chi connectivity index (χ0) is 20.7. The van der Waals surface area contributed by atoms with Gasteiger partial charge >= 0.3 is 5.97 Å². The zero-order valence-corrected chi connectivity index (χ0v) is 17.8. The molecule has 3 rings (SSSR count). The largest absolute Gasteiger partial charge is 0.508 e. The van der Waals surface area contributed by atoms with Gasteiger partial charge in [-0.1, -0.05) is 52.5 Å². The van der Waals surface area contributed by atoms with E-state index >= 15 is 0 Å². The molecular formula is C24H34O4. The van der Waals surface area contributed by atoms with Crippen molar-refractivity contribution in [1.82, 2.24) is 0 Å². The van der Waals surface area contributed by atoms with E-state index in [-0.39, 0.29) is 23.0 Å². The van der Waals surface area contributed by atoms with Gasteiger partial charge in [0.2, 0.25) is 0 Å². The Morgan fingerprint density at radius 3 is 2.61 bits per heavy atom. The molecule has 0 radical (unpaired) electrons. The fraction of sp³-hybridized carbons (Fsp3) is 0.625. The number of unbranched alkanes of at least 4 members (excludes halogenated alkanes) is 3. The van der Waals surface area contributed by atoms with Crippen molar-refractivity contribution in [3.8, 4) is 11.5 Å². The molecule has 0 saturated carbocycles. The summed E-state index contributed by atoms with van der Waals surface area (Å²) in [5.74, 6) is -0.0323. The van der Waals surface area contributed by atoms with Crippen LogP contribution in [-0.4, -0.2) is 21.8 Å². The van der Waals surface area contributed by atoms with Crippen molar-refractivity contribution in [1.29, 1.82) is 0 Å². The highest BCUT2D eigenvalue weighted by Gasteiger charge is 2.48. The number of phenolic OH excluding ortho intramolecular Hbond substituents is 1. The van der Waals surface area contributed by atoms with Gasteiger partial charge in [-0.15, -0.1) is 0 Å². The first kappa shape index (κ1) is 20.8. The molecule has 2 aliphatic rings. The maximum Gasteiger partial charge on any atom is 0.331 e. The number of hydrogen-bond donors (Lipinski definition) is 2. The van der Waals surface area contributed by atoms with Gasteiger partial charge in [-0.25, -0.2) is 4.79 Å². The number of phenols is 1. The zero-order valence-electron chi connectivity index (χ0n) is 17.8. The van der Waals surface area contributed by atoms with Crippen LogP contribution in [0.4, 0.5) is 0 Å². The van der Waals surface area contributed by atoms with Gasteiger partial charge in [0.05, 0.1) is 0 Å². The van der Waals surface area contributed by atoms with E-state index < -0.39 is 11.6 Å². The lowest BCUT2D eigenvalue weighted by atomic mass is 9.73. The van der Waals surface area contributed by atoms with E-state index in [1.54, 1.807) is 0 Å². The molecule has 1 aliphatic carbocycles. The second-order valence-electron chi connectivity index (χ2n) is 9.64. The van der Waals surface area contributed by atoms with Crippen molar-refractivity contribution in [2.75, 3.05) is 0 Å². The average Bonchev–Trinajstić information content (AvgIpc) is 3.04. The molecule has 0 unspecified atom stereocenters. The summed E-state index contributed by atoms with van der Waals surface area (Å²) < 4.78 is 6.32. The SMILES string of the molecule is CCCCCCC(C)(C)c1cc(O)c2c(c1)OC(C)(C)[C@@H]1C=C(C(=O)O)C[C@@H]21. The Morgan fingerprint density at radius 1 is 1.25 bits per heavy atom. The number of fused-ring (bicyclic) bond motifs is 3. The lowest BCUT2D eigenvalue weighted by Gasteiger charge is -2.42. The van der Waals surface area contributed by atoms with Crippen LogP contribution in [-0.2, 0) is 10.2 Å². The Labute approximate surface area is 168 Å². The Balaban J connectivity index is 1.93. The first-order valence-corrected chi connectivity index (χ1v) is 10.6. The molecule has 154 valence electrons. The normalized spacial score (nSPS) is 22.8. The first-order chi connectivity index (χ1) is 13.1. The third-order valence-electron chi connectivity index (χ3n) is 6.63. The Hall–Kier alpha value is -1.97. The van der Waals surface area contributed by atoms with Crippen LogP contribution in [0, 0.1) is 5.92 Å². The summed E-state index contributed by atoms with van der Waals surface area (Å²) >= 11 is 0. The predicted molar refractivity (Wildman–Crippen MR) is 111 cm³/mol. The summed E-state index contributed by atoms with van der Waals surface area (Å²) in [4.78, 5) is 11.5. The highest BCUT2D eigenvalue weighted by molar-refractivity contribution is 5.87. The van der Waals surface area contributed by atoms with Crippen LogP contribution in [0.5, 0.6) is 11.5 Å². The van der Waals surface area contributed by atoms with Crippen LogP contribution in [0.3, 0.4) is 0 Å². The lowest BCUT2D eigenvalue weighted by Crippen LogP contribution is -2.42. The fourth-order valence-electron chi connectivity index (χ4n) is 4.84. The molecule has 4 heteroatoms. The van der Waals surface area contributed by atoms with Gasteiger partial charge < -0.3 is 14.9 Å². The highest BCUT2D eigenvalue weighted by atomic mass is 16.5. The highest BCUT2D eigenvalue weighted by Crippen LogP contribution is 2.55. The lowest BCUT2D eigenvalue weighted by molar-refractivity contribution is -0.132. The Kier molecular flexibility index (Phi) is 5.53. The molecule has 1 aromatic rings. The monoisotopic (exact) mass is 386 g/mol. The molecule has 2 atom stereocenters. The second kappa shape index (κ2) is 7.46.